The van der Waals surface area contributed by atoms with E-state index >= 15 is 0 Å². The van der Waals surface area contributed by atoms with Gasteiger partial charge in [-0.15, -0.1) is 0 Å². The summed E-state index contributed by atoms with van der Waals surface area (Å²) in [4.78, 5) is 0. The third kappa shape index (κ3) is 1.96. The molecule has 0 aliphatic heterocycles. The molecule has 1 aromatic rings. The van der Waals surface area contributed by atoms with Crippen LogP contribution in [0.25, 0.3) is 0 Å². The fraction of sp³-hybridized carbons (Fsp3) is 0.500. The summed E-state index contributed by atoms with van der Waals surface area (Å²) < 4.78 is 0. The molecule has 0 nitrogen and oxygen atoms in total. The maximum absolute atomic E-state index is 2.38. The van der Waals surface area contributed by atoms with Gasteiger partial charge in [-0.1, -0.05) is 42.9 Å². The fourth-order valence-corrected chi connectivity index (χ4v) is 2.34. The molecule has 13 heavy (non-hydrogen) atoms. The highest BCUT2D eigenvalue weighted by molar-refractivity contribution is 6.15. The lowest BCUT2D eigenvalue weighted by molar-refractivity contribution is 0.551. The van der Waals surface area contributed by atoms with Crippen LogP contribution in [0.3, 0.4) is 0 Å². The molecule has 0 spiro atoms. The summed E-state index contributed by atoms with van der Waals surface area (Å²) in [5.41, 5.74) is 3.15. The van der Waals surface area contributed by atoms with E-state index in [1.165, 1.54) is 25.7 Å². The molecule has 0 saturated carbocycles. The molecule has 2 rings (SSSR count). The Balaban J connectivity index is 2.34. The molecule has 1 atom stereocenters. The molecule has 0 radical (unpaired) electrons. The van der Waals surface area contributed by atoms with Crippen LogP contribution in [0, 0.1) is 0 Å². The lowest BCUT2D eigenvalue weighted by Crippen LogP contribution is -2.10. The third-order valence-electron chi connectivity index (χ3n) is 3.09. The van der Waals surface area contributed by atoms with E-state index in [0.29, 0.717) is 5.31 Å². The van der Waals surface area contributed by atoms with Gasteiger partial charge in [0.2, 0.25) is 0 Å². The molecule has 1 aliphatic carbocycles. The average molecular weight is 172 g/mol. The first-order valence-corrected chi connectivity index (χ1v) is 5.24. The Bertz CT molecular complexity index is 302. The summed E-state index contributed by atoms with van der Waals surface area (Å²) in [6, 6.07) is 8.91. The molecule has 1 aromatic carbocycles. The van der Waals surface area contributed by atoms with Crippen molar-refractivity contribution in [3.8, 4) is 0 Å². The summed E-state index contributed by atoms with van der Waals surface area (Å²) in [5, 5.41) is 0.507. The zero-order valence-electron chi connectivity index (χ0n) is 8.64. The first kappa shape index (κ1) is 8.86. The largest absolute Gasteiger partial charge is 0.109 e. The second-order valence-corrected chi connectivity index (χ2v) is 4.96. The van der Waals surface area contributed by atoms with Crippen molar-refractivity contribution >= 4 is 7.85 Å². The summed E-state index contributed by atoms with van der Waals surface area (Å²) in [6.45, 7) is 2.38. The summed E-state index contributed by atoms with van der Waals surface area (Å²) in [6.07, 6.45) is 5.24. The smallest absolute Gasteiger partial charge is 0.0666 e. The van der Waals surface area contributed by atoms with Crippen molar-refractivity contribution in [2.24, 2.45) is 0 Å². The summed E-state index contributed by atoms with van der Waals surface area (Å²) >= 11 is 0. The summed E-state index contributed by atoms with van der Waals surface area (Å²) in [5.74, 6) is 0. The standard InChI is InChI=1S/C12H17B/c1-12(13)8-4-7-10-5-2-3-6-11(10)9-12/h2-3,5-6H,4,7-9,13H2,1H3. The van der Waals surface area contributed by atoms with Crippen LogP contribution in [0.4, 0.5) is 0 Å². The lowest BCUT2D eigenvalue weighted by Gasteiger charge is -2.22. The number of hydrogen-bond donors (Lipinski definition) is 0. The number of aryl methyl sites for hydroxylation is 1. The zero-order valence-corrected chi connectivity index (χ0v) is 8.64. The topological polar surface area (TPSA) is 0 Å². The molecular weight excluding hydrogens is 155 g/mol. The van der Waals surface area contributed by atoms with Gasteiger partial charge in [-0.3, -0.25) is 0 Å². The molecule has 0 bridgehead atoms. The van der Waals surface area contributed by atoms with Crippen molar-refractivity contribution in [3.63, 3.8) is 0 Å². The van der Waals surface area contributed by atoms with Crippen molar-refractivity contribution in [3.05, 3.63) is 35.4 Å². The minimum Gasteiger partial charge on any atom is -0.0666 e. The van der Waals surface area contributed by atoms with Crippen molar-refractivity contribution < 1.29 is 0 Å². The van der Waals surface area contributed by atoms with E-state index in [2.05, 4.69) is 39.0 Å². The quantitative estimate of drug-likeness (QED) is 0.416. The SMILES string of the molecule is BC1(C)CCCc2ccccc2C1. The van der Waals surface area contributed by atoms with Gasteiger partial charge in [-0.05, 0) is 30.4 Å². The molecule has 1 heteroatoms. The highest BCUT2D eigenvalue weighted by Crippen LogP contribution is 2.36. The molecule has 0 N–H and O–H groups in total. The monoisotopic (exact) mass is 172 g/mol. The van der Waals surface area contributed by atoms with E-state index < -0.39 is 0 Å². The summed E-state index contributed by atoms with van der Waals surface area (Å²) in [7, 11) is 2.38. The van der Waals surface area contributed by atoms with Crippen LogP contribution in [0.5, 0.6) is 0 Å². The van der Waals surface area contributed by atoms with Gasteiger partial charge in [-0.25, -0.2) is 0 Å². The van der Waals surface area contributed by atoms with E-state index in [-0.39, 0.29) is 0 Å². The van der Waals surface area contributed by atoms with E-state index in [9.17, 15) is 0 Å². The zero-order chi connectivity index (χ0) is 9.31. The fourth-order valence-electron chi connectivity index (χ4n) is 2.34. The van der Waals surface area contributed by atoms with Crippen molar-refractivity contribution in [2.75, 3.05) is 0 Å². The number of fused-ring (bicyclic) bond motifs is 1. The number of rotatable bonds is 0. The average Bonchev–Trinajstić information content (AvgIpc) is 2.21. The van der Waals surface area contributed by atoms with Crippen LogP contribution in [-0.4, -0.2) is 7.85 Å². The van der Waals surface area contributed by atoms with Crippen LogP contribution < -0.4 is 0 Å². The third-order valence-corrected chi connectivity index (χ3v) is 3.09. The van der Waals surface area contributed by atoms with Gasteiger partial charge >= 0.3 is 0 Å². The second-order valence-electron chi connectivity index (χ2n) is 4.96. The Morgan fingerprint density at radius 2 is 1.92 bits per heavy atom. The Hall–Kier alpha value is -0.715. The normalized spacial score (nSPS) is 27.8. The van der Waals surface area contributed by atoms with E-state index in [4.69, 9.17) is 0 Å². The Labute approximate surface area is 81.8 Å². The predicted octanol–water partition coefficient (Wildman–Crippen LogP) is 2.38. The van der Waals surface area contributed by atoms with Gasteiger partial charge in [0.25, 0.3) is 0 Å². The minimum atomic E-state index is 0.507. The van der Waals surface area contributed by atoms with Gasteiger partial charge in [0, 0.05) is 0 Å². The molecule has 68 valence electrons. The van der Waals surface area contributed by atoms with E-state index in [1.807, 2.05) is 0 Å². The van der Waals surface area contributed by atoms with Crippen LogP contribution in [0.15, 0.2) is 24.3 Å². The van der Waals surface area contributed by atoms with E-state index in [0.717, 1.165) is 0 Å². The van der Waals surface area contributed by atoms with Crippen LogP contribution in [-0.2, 0) is 12.8 Å². The molecule has 0 saturated heterocycles. The molecule has 1 unspecified atom stereocenters. The van der Waals surface area contributed by atoms with Gasteiger partial charge in [0.05, 0.1) is 0 Å². The molecule has 0 aromatic heterocycles. The molecule has 0 amide bonds. The van der Waals surface area contributed by atoms with Gasteiger partial charge in [0.15, 0.2) is 0 Å². The Morgan fingerprint density at radius 3 is 2.69 bits per heavy atom. The van der Waals surface area contributed by atoms with E-state index in [1.54, 1.807) is 11.1 Å². The van der Waals surface area contributed by atoms with Crippen molar-refractivity contribution in [1.82, 2.24) is 0 Å². The minimum absolute atomic E-state index is 0.507. The van der Waals surface area contributed by atoms with Crippen LogP contribution >= 0.6 is 0 Å². The van der Waals surface area contributed by atoms with Crippen molar-refractivity contribution in [1.29, 1.82) is 0 Å². The first-order valence-electron chi connectivity index (χ1n) is 5.24. The van der Waals surface area contributed by atoms with Crippen LogP contribution in [0.1, 0.15) is 30.9 Å². The molecular formula is C12H17B. The van der Waals surface area contributed by atoms with Gasteiger partial charge in [0.1, 0.15) is 7.85 Å². The molecule has 0 fully saturated rings. The number of hydrogen-bond acceptors (Lipinski definition) is 0. The predicted molar refractivity (Wildman–Crippen MR) is 60.0 cm³/mol. The van der Waals surface area contributed by atoms with Gasteiger partial charge < -0.3 is 0 Å². The van der Waals surface area contributed by atoms with Crippen molar-refractivity contribution in [2.45, 2.75) is 37.9 Å². The maximum Gasteiger partial charge on any atom is 0.109 e. The highest BCUT2D eigenvalue weighted by Gasteiger charge is 2.22. The molecule has 0 heterocycles. The molecule has 1 aliphatic rings. The Morgan fingerprint density at radius 1 is 1.23 bits per heavy atom. The lowest BCUT2D eigenvalue weighted by atomic mass is 9.65. The highest BCUT2D eigenvalue weighted by atomic mass is 14.2. The van der Waals surface area contributed by atoms with Crippen LogP contribution in [0.2, 0.25) is 5.31 Å². The number of benzene rings is 1. The second kappa shape index (κ2) is 3.21. The Kier molecular flexibility index (Phi) is 2.19. The van der Waals surface area contributed by atoms with Gasteiger partial charge in [-0.2, -0.15) is 0 Å². The first-order chi connectivity index (χ1) is 6.17. The maximum atomic E-state index is 2.38.